The van der Waals surface area contributed by atoms with Crippen LogP contribution in [0.2, 0.25) is 0 Å². The number of benzene rings is 1. The molecule has 0 atom stereocenters. The first-order chi connectivity index (χ1) is 8.63. The lowest BCUT2D eigenvalue weighted by atomic mass is 10.1. The van der Waals surface area contributed by atoms with Gasteiger partial charge in [0.2, 0.25) is 0 Å². The number of rotatable bonds is 5. The second kappa shape index (κ2) is 7.72. The summed E-state index contributed by atoms with van der Waals surface area (Å²) in [6.45, 7) is 5.00. The molecule has 4 heteroatoms. The van der Waals surface area contributed by atoms with Crippen LogP contribution in [0.15, 0.2) is 23.2 Å². The van der Waals surface area contributed by atoms with E-state index in [1.54, 1.807) is 0 Å². The van der Waals surface area contributed by atoms with Crippen LogP contribution in [0.25, 0.3) is 0 Å². The Morgan fingerprint density at radius 2 is 1.89 bits per heavy atom. The number of aryl methyl sites for hydroxylation is 2. The van der Waals surface area contributed by atoms with Gasteiger partial charge in [-0.15, -0.1) is 24.0 Å². The van der Waals surface area contributed by atoms with Gasteiger partial charge in [-0.2, -0.15) is 0 Å². The number of hydrogen-bond donors (Lipinski definition) is 2. The SMILES string of the molecule is Cc1cc(C)cc(NC(N)=NCCCC2CC2)c1.I. The molecule has 1 aliphatic rings. The van der Waals surface area contributed by atoms with E-state index in [-0.39, 0.29) is 24.0 Å². The van der Waals surface area contributed by atoms with E-state index in [0.29, 0.717) is 5.96 Å². The van der Waals surface area contributed by atoms with E-state index in [9.17, 15) is 0 Å². The minimum absolute atomic E-state index is 0. The van der Waals surface area contributed by atoms with Gasteiger partial charge in [0.25, 0.3) is 0 Å². The normalized spacial score (nSPS) is 14.9. The van der Waals surface area contributed by atoms with Gasteiger partial charge in [0, 0.05) is 12.2 Å². The Balaban J connectivity index is 0.00000180. The molecule has 0 unspecified atom stereocenters. The maximum absolute atomic E-state index is 5.88. The molecule has 0 radical (unpaired) electrons. The van der Waals surface area contributed by atoms with Gasteiger partial charge in [0.05, 0.1) is 0 Å². The monoisotopic (exact) mass is 373 g/mol. The molecule has 0 amide bonds. The average molecular weight is 373 g/mol. The maximum atomic E-state index is 5.88. The van der Waals surface area contributed by atoms with E-state index < -0.39 is 0 Å². The van der Waals surface area contributed by atoms with Crippen LogP contribution in [0.1, 0.15) is 36.8 Å². The Morgan fingerprint density at radius 3 is 2.47 bits per heavy atom. The molecule has 0 aromatic heterocycles. The summed E-state index contributed by atoms with van der Waals surface area (Å²) in [6, 6.07) is 6.31. The average Bonchev–Trinajstić information content (AvgIpc) is 3.06. The number of anilines is 1. The van der Waals surface area contributed by atoms with Crippen LogP contribution in [-0.4, -0.2) is 12.5 Å². The zero-order chi connectivity index (χ0) is 13.0. The molecule has 2 rings (SSSR count). The summed E-state index contributed by atoms with van der Waals surface area (Å²) in [7, 11) is 0. The summed E-state index contributed by atoms with van der Waals surface area (Å²) >= 11 is 0. The van der Waals surface area contributed by atoms with Gasteiger partial charge < -0.3 is 11.1 Å². The molecular formula is C15H24IN3. The third-order valence-electron chi connectivity index (χ3n) is 3.24. The van der Waals surface area contributed by atoms with Crippen molar-refractivity contribution in [3.8, 4) is 0 Å². The number of hydrogen-bond acceptors (Lipinski definition) is 1. The summed E-state index contributed by atoms with van der Waals surface area (Å²) in [5.74, 6) is 1.50. The van der Waals surface area contributed by atoms with Crippen molar-refractivity contribution in [1.29, 1.82) is 0 Å². The largest absolute Gasteiger partial charge is 0.370 e. The number of guanidine groups is 1. The smallest absolute Gasteiger partial charge is 0.193 e. The van der Waals surface area contributed by atoms with Crippen molar-refractivity contribution in [3.05, 3.63) is 29.3 Å². The second-order valence-corrected chi connectivity index (χ2v) is 5.35. The first-order valence-corrected chi connectivity index (χ1v) is 6.79. The molecule has 0 aliphatic heterocycles. The molecule has 0 heterocycles. The molecule has 3 nitrogen and oxygen atoms in total. The first-order valence-electron chi connectivity index (χ1n) is 6.79. The van der Waals surface area contributed by atoms with Crippen molar-refractivity contribution < 1.29 is 0 Å². The number of halogens is 1. The van der Waals surface area contributed by atoms with Gasteiger partial charge in [0.1, 0.15) is 0 Å². The quantitative estimate of drug-likeness (QED) is 0.357. The van der Waals surface area contributed by atoms with Gasteiger partial charge in [-0.05, 0) is 55.9 Å². The topological polar surface area (TPSA) is 50.4 Å². The molecule has 1 aromatic carbocycles. The molecule has 1 fully saturated rings. The van der Waals surface area contributed by atoms with E-state index in [0.717, 1.165) is 24.6 Å². The summed E-state index contributed by atoms with van der Waals surface area (Å²) in [5.41, 5.74) is 9.37. The van der Waals surface area contributed by atoms with E-state index >= 15 is 0 Å². The number of nitrogens with zero attached hydrogens (tertiary/aromatic N) is 1. The standard InChI is InChI=1S/C15H23N3.HI/c1-11-8-12(2)10-14(9-11)18-15(16)17-7-3-4-13-5-6-13;/h8-10,13H,3-7H2,1-2H3,(H3,16,17,18);1H. The molecule has 0 bridgehead atoms. The molecule has 1 aromatic rings. The number of nitrogens with two attached hydrogens (primary N) is 1. The molecule has 19 heavy (non-hydrogen) atoms. The van der Waals surface area contributed by atoms with E-state index in [1.165, 1.54) is 30.4 Å². The molecule has 1 aliphatic carbocycles. The minimum Gasteiger partial charge on any atom is -0.370 e. The Bertz CT molecular complexity index is 419. The van der Waals surface area contributed by atoms with Crippen LogP contribution in [0.3, 0.4) is 0 Å². The highest BCUT2D eigenvalue weighted by Gasteiger charge is 2.19. The zero-order valence-corrected chi connectivity index (χ0v) is 14.1. The fourth-order valence-electron chi connectivity index (χ4n) is 2.22. The Kier molecular flexibility index (Phi) is 6.62. The third-order valence-corrected chi connectivity index (χ3v) is 3.24. The molecule has 106 valence electrons. The van der Waals surface area contributed by atoms with E-state index in [2.05, 4.69) is 42.4 Å². The minimum atomic E-state index is 0. The van der Waals surface area contributed by atoms with Gasteiger partial charge in [-0.3, -0.25) is 4.99 Å². The fraction of sp³-hybridized carbons (Fsp3) is 0.533. The van der Waals surface area contributed by atoms with E-state index in [1.807, 2.05) is 0 Å². The zero-order valence-electron chi connectivity index (χ0n) is 11.8. The molecule has 0 saturated heterocycles. The summed E-state index contributed by atoms with van der Waals surface area (Å²) < 4.78 is 0. The van der Waals surface area contributed by atoms with Gasteiger partial charge in [-0.1, -0.05) is 18.9 Å². The highest BCUT2D eigenvalue weighted by molar-refractivity contribution is 14.0. The van der Waals surface area contributed by atoms with Gasteiger partial charge in [0.15, 0.2) is 5.96 Å². The Labute approximate surface area is 133 Å². The van der Waals surface area contributed by atoms with E-state index in [4.69, 9.17) is 5.73 Å². The lowest BCUT2D eigenvalue weighted by Gasteiger charge is -2.08. The first kappa shape index (κ1) is 16.3. The highest BCUT2D eigenvalue weighted by atomic mass is 127. The third kappa shape index (κ3) is 6.27. The maximum Gasteiger partial charge on any atom is 0.193 e. The summed E-state index contributed by atoms with van der Waals surface area (Å²) in [6.07, 6.45) is 5.29. The van der Waals surface area contributed by atoms with Crippen LogP contribution >= 0.6 is 24.0 Å². The van der Waals surface area contributed by atoms with Crippen molar-refractivity contribution in [1.82, 2.24) is 0 Å². The number of nitrogens with one attached hydrogen (secondary N) is 1. The highest BCUT2D eigenvalue weighted by Crippen LogP contribution is 2.33. The van der Waals surface area contributed by atoms with Gasteiger partial charge >= 0.3 is 0 Å². The van der Waals surface area contributed by atoms with Gasteiger partial charge in [-0.25, -0.2) is 0 Å². The van der Waals surface area contributed by atoms with Crippen molar-refractivity contribution in [2.24, 2.45) is 16.6 Å². The van der Waals surface area contributed by atoms with Crippen molar-refractivity contribution in [2.75, 3.05) is 11.9 Å². The molecule has 3 N–H and O–H groups in total. The predicted molar refractivity (Wildman–Crippen MR) is 93.4 cm³/mol. The molecular weight excluding hydrogens is 349 g/mol. The number of aliphatic imine (C=N–C) groups is 1. The molecule has 0 spiro atoms. The van der Waals surface area contributed by atoms with Crippen LogP contribution in [0.5, 0.6) is 0 Å². The van der Waals surface area contributed by atoms with Crippen LogP contribution in [-0.2, 0) is 0 Å². The summed E-state index contributed by atoms with van der Waals surface area (Å²) in [5, 5.41) is 3.16. The summed E-state index contributed by atoms with van der Waals surface area (Å²) in [4.78, 5) is 4.36. The van der Waals surface area contributed by atoms with Crippen molar-refractivity contribution >= 4 is 35.6 Å². The Hall–Kier alpha value is -0.780. The van der Waals surface area contributed by atoms with Crippen molar-refractivity contribution in [3.63, 3.8) is 0 Å². The van der Waals surface area contributed by atoms with Crippen LogP contribution in [0.4, 0.5) is 5.69 Å². The second-order valence-electron chi connectivity index (χ2n) is 5.35. The van der Waals surface area contributed by atoms with Crippen LogP contribution in [0, 0.1) is 19.8 Å². The van der Waals surface area contributed by atoms with Crippen molar-refractivity contribution in [2.45, 2.75) is 39.5 Å². The lowest BCUT2D eigenvalue weighted by Crippen LogP contribution is -2.23. The Morgan fingerprint density at radius 1 is 1.26 bits per heavy atom. The lowest BCUT2D eigenvalue weighted by molar-refractivity contribution is 0.675. The molecule has 1 saturated carbocycles. The van der Waals surface area contributed by atoms with Crippen LogP contribution < -0.4 is 11.1 Å². The predicted octanol–water partition coefficient (Wildman–Crippen LogP) is 3.84. The fourth-order valence-corrected chi connectivity index (χ4v) is 2.22.